The van der Waals surface area contributed by atoms with Crippen LogP contribution in [0.1, 0.15) is 25.3 Å². The molecule has 7 nitrogen and oxygen atoms in total. The van der Waals surface area contributed by atoms with Gasteiger partial charge in [-0.05, 0) is 25.7 Å². The lowest BCUT2D eigenvalue weighted by Crippen LogP contribution is -2.38. The third-order valence-electron chi connectivity index (χ3n) is 5.69. The Morgan fingerprint density at radius 2 is 2.00 bits per heavy atom. The summed E-state index contributed by atoms with van der Waals surface area (Å²) in [6, 6.07) is 10.2. The Hall–Kier alpha value is -1.93. The number of rotatable bonds is 11. The van der Waals surface area contributed by atoms with E-state index in [9.17, 15) is 5.11 Å². The maximum Gasteiger partial charge on any atom is 0.232 e. The highest BCUT2D eigenvalue weighted by atomic mass is 16.5. The molecule has 1 saturated carbocycles. The molecule has 1 aromatic heterocycles. The standard InChI is InChI=1S/C23H33N3O4/c1-2-28-17-20(27)15-25(14-18-8-9-18)16-21-22(19-6-4-3-5-7-19)24-30-23(21)26-10-12-29-13-11-26/h3-7,18,20,27H,2,8-17H2,1H3/t20-/m1/s1. The van der Waals surface area contributed by atoms with Gasteiger partial charge >= 0.3 is 0 Å². The summed E-state index contributed by atoms with van der Waals surface area (Å²) in [6.07, 6.45) is 2.03. The number of aromatic nitrogens is 1. The molecule has 2 fully saturated rings. The normalized spacial score (nSPS) is 18.2. The van der Waals surface area contributed by atoms with Crippen molar-refractivity contribution in [1.82, 2.24) is 10.1 Å². The predicted molar refractivity (Wildman–Crippen MR) is 115 cm³/mol. The van der Waals surface area contributed by atoms with Crippen LogP contribution in [-0.4, -0.2) is 73.9 Å². The largest absolute Gasteiger partial charge is 0.389 e. The third-order valence-corrected chi connectivity index (χ3v) is 5.69. The minimum Gasteiger partial charge on any atom is -0.389 e. The molecule has 0 bridgehead atoms. The molecule has 0 unspecified atom stereocenters. The quantitative estimate of drug-likeness (QED) is 0.605. The summed E-state index contributed by atoms with van der Waals surface area (Å²) in [5, 5.41) is 15.0. The Morgan fingerprint density at radius 1 is 1.23 bits per heavy atom. The van der Waals surface area contributed by atoms with Crippen molar-refractivity contribution in [1.29, 1.82) is 0 Å². The second kappa shape index (κ2) is 10.4. The van der Waals surface area contributed by atoms with Crippen LogP contribution in [0, 0.1) is 5.92 Å². The first-order valence-corrected chi connectivity index (χ1v) is 11.1. The van der Waals surface area contributed by atoms with Crippen molar-refractivity contribution in [2.45, 2.75) is 32.4 Å². The first-order valence-electron chi connectivity index (χ1n) is 11.1. The molecular formula is C23H33N3O4. The highest BCUT2D eigenvalue weighted by Crippen LogP contribution is 2.35. The van der Waals surface area contributed by atoms with Gasteiger partial charge in [0.1, 0.15) is 5.69 Å². The monoisotopic (exact) mass is 415 g/mol. The zero-order valence-electron chi connectivity index (χ0n) is 17.8. The molecule has 164 valence electrons. The number of morpholine rings is 1. The average Bonchev–Trinajstić information content (AvgIpc) is 3.50. The number of aliphatic hydroxyl groups excluding tert-OH is 1. The SMILES string of the molecule is CCOC[C@H](O)CN(Cc1c(-c2ccccc2)noc1N1CCOCC1)CC1CC1. The zero-order valence-corrected chi connectivity index (χ0v) is 17.8. The fourth-order valence-electron chi connectivity index (χ4n) is 3.98. The van der Waals surface area contributed by atoms with Crippen molar-refractivity contribution in [3.63, 3.8) is 0 Å². The van der Waals surface area contributed by atoms with Gasteiger partial charge in [0.25, 0.3) is 0 Å². The van der Waals surface area contributed by atoms with Crippen molar-refractivity contribution in [3.05, 3.63) is 35.9 Å². The maximum atomic E-state index is 10.5. The summed E-state index contributed by atoms with van der Waals surface area (Å²) in [5.74, 6) is 1.55. The molecule has 1 aliphatic carbocycles. The summed E-state index contributed by atoms with van der Waals surface area (Å²) >= 11 is 0. The molecule has 1 saturated heterocycles. The summed E-state index contributed by atoms with van der Waals surface area (Å²) in [6.45, 7) is 8.17. The average molecular weight is 416 g/mol. The fraction of sp³-hybridized carbons (Fsp3) is 0.609. The first-order chi connectivity index (χ1) is 14.7. The molecule has 4 rings (SSSR count). The second-order valence-electron chi connectivity index (χ2n) is 8.23. The number of hydrogen-bond donors (Lipinski definition) is 1. The lowest BCUT2D eigenvalue weighted by atomic mass is 10.1. The van der Waals surface area contributed by atoms with E-state index in [0.717, 1.165) is 48.3 Å². The number of anilines is 1. The van der Waals surface area contributed by atoms with Crippen LogP contribution in [0.25, 0.3) is 11.3 Å². The van der Waals surface area contributed by atoms with E-state index in [2.05, 4.69) is 27.1 Å². The van der Waals surface area contributed by atoms with Gasteiger partial charge in [-0.15, -0.1) is 0 Å². The van der Waals surface area contributed by atoms with Gasteiger partial charge in [0.15, 0.2) is 0 Å². The summed E-state index contributed by atoms with van der Waals surface area (Å²) < 4.78 is 16.8. The van der Waals surface area contributed by atoms with Crippen molar-refractivity contribution in [3.8, 4) is 11.3 Å². The van der Waals surface area contributed by atoms with Crippen LogP contribution in [0.2, 0.25) is 0 Å². The predicted octanol–water partition coefficient (Wildman–Crippen LogP) is 2.79. The van der Waals surface area contributed by atoms with E-state index >= 15 is 0 Å². The minimum atomic E-state index is -0.504. The molecule has 30 heavy (non-hydrogen) atoms. The Labute approximate surface area is 178 Å². The van der Waals surface area contributed by atoms with Crippen LogP contribution in [-0.2, 0) is 16.0 Å². The van der Waals surface area contributed by atoms with E-state index in [1.54, 1.807) is 0 Å². The van der Waals surface area contributed by atoms with E-state index in [1.165, 1.54) is 12.8 Å². The molecule has 2 aromatic rings. The molecule has 1 atom stereocenters. The summed E-state index contributed by atoms with van der Waals surface area (Å²) in [5.41, 5.74) is 3.03. The molecular weight excluding hydrogens is 382 g/mol. The second-order valence-corrected chi connectivity index (χ2v) is 8.23. The minimum absolute atomic E-state index is 0.364. The maximum absolute atomic E-state index is 10.5. The fourth-order valence-corrected chi connectivity index (χ4v) is 3.98. The van der Waals surface area contributed by atoms with Gasteiger partial charge in [0.2, 0.25) is 5.88 Å². The Morgan fingerprint density at radius 3 is 2.70 bits per heavy atom. The van der Waals surface area contributed by atoms with Gasteiger partial charge in [0.05, 0.1) is 31.5 Å². The Kier molecular flexibility index (Phi) is 7.38. The zero-order chi connectivity index (χ0) is 20.8. The smallest absolute Gasteiger partial charge is 0.232 e. The molecule has 2 aliphatic rings. The molecule has 0 amide bonds. The highest BCUT2D eigenvalue weighted by molar-refractivity contribution is 5.68. The number of hydrogen-bond acceptors (Lipinski definition) is 7. The van der Waals surface area contributed by atoms with Gasteiger partial charge in [-0.25, -0.2) is 0 Å². The highest BCUT2D eigenvalue weighted by Gasteiger charge is 2.29. The van der Waals surface area contributed by atoms with Crippen LogP contribution >= 0.6 is 0 Å². The Bertz CT molecular complexity index is 772. The van der Waals surface area contributed by atoms with Crippen molar-refractivity contribution >= 4 is 5.88 Å². The lowest BCUT2D eigenvalue weighted by Gasteiger charge is -2.29. The van der Waals surface area contributed by atoms with Crippen LogP contribution in [0.4, 0.5) is 5.88 Å². The molecule has 7 heteroatoms. The van der Waals surface area contributed by atoms with E-state index in [0.29, 0.717) is 39.5 Å². The van der Waals surface area contributed by atoms with E-state index in [-0.39, 0.29) is 0 Å². The number of nitrogens with zero attached hydrogens (tertiary/aromatic N) is 3. The molecule has 0 spiro atoms. The summed E-state index contributed by atoms with van der Waals surface area (Å²) in [7, 11) is 0. The lowest BCUT2D eigenvalue weighted by molar-refractivity contribution is 0.0187. The Balaban J connectivity index is 1.59. The topological polar surface area (TPSA) is 71.2 Å². The number of ether oxygens (including phenoxy) is 2. The van der Waals surface area contributed by atoms with Crippen LogP contribution in [0.15, 0.2) is 34.9 Å². The van der Waals surface area contributed by atoms with Gasteiger partial charge in [0, 0.05) is 44.9 Å². The van der Waals surface area contributed by atoms with Crippen molar-refractivity contribution in [2.24, 2.45) is 5.92 Å². The van der Waals surface area contributed by atoms with Gasteiger partial charge in [-0.3, -0.25) is 4.90 Å². The molecule has 1 aliphatic heterocycles. The van der Waals surface area contributed by atoms with Crippen LogP contribution in [0.3, 0.4) is 0 Å². The number of benzene rings is 1. The number of aliphatic hydroxyl groups is 1. The van der Waals surface area contributed by atoms with E-state index in [4.69, 9.17) is 14.0 Å². The van der Waals surface area contributed by atoms with Crippen LogP contribution < -0.4 is 4.90 Å². The molecule has 0 radical (unpaired) electrons. The van der Waals surface area contributed by atoms with E-state index in [1.807, 2.05) is 25.1 Å². The van der Waals surface area contributed by atoms with Gasteiger partial charge in [-0.1, -0.05) is 35.5 Å². The van der Waals surface area contributed by atoms with Crippen molar-refractivity contribution < 1.29 is 19.1 Å². The third kappa shape index (κ3) is 5.60. The van der Waals surface area contributed by atoms with Gasteiger partial charge < -0.3 is 24.0 Å². The van der Waals surface area contributed by atoms with Gasteiger partial charge in [-0.2, -0.15) is 0 Å². The molecule has 1 N–H and O–H groups in total. The summed E-state index contributed by atoms with van der Waals surface area (Å²) in [4.78, 5) is 4.56. The first kappa shape index (κ1) is 21.3. The molecule has 1 aromatic carbocycles. The van der Waals surface area contributed by atoms with Crippen molar-refractivity contribution in [2.75, 3.05) is 57.5 Å². The van der Waals surface area contributed by atoms with Crippen LogP contribution in [0.5, 0.6) is 0 Å². The molecule has 2 heterocycles. The van der Waals surface area contributed by atoms with E-state index < -0.39 is 6.10 Å².